The molecule has 23 heavy (non-hydrogen) atoms. The number of aryl methyl sites for hydroxylation is 2. The highest BCUT2D eigenvalue weighted by molar-refractivity contribution is 5.94. The number of hydrogen-bond donors (Lipinski definition) is 1. The van der Waals surface area contributed by atoms with Crippen LogP contribution in [0.4, 0.5) is 0 Å². The molecule has 0 bridgehead atoms. The van der Waals surface area contributed by atoms with Gasteiger partial charge in [0.25, 0.3) is 5.91 Å². The predicted octanol–water partition coefficient (Wildman–Crippen LogP) is 3.00. The van der Waals surface area contributed by atoms with E-state index in [0.717, 1.165) is 22.7 Å². The Morgan fingerprint density at radius 2 is 2.09 bits per heavy atom. The second-order valence-electron chi connectivity index (χ2n) is 6.19. The molecular formula is C18H25N3O2. The summed E-state index contributed by atoms with van der Waals surface area (Å²) < 4.78 is 7.50. The highest BCUT2D eigenvalue weighted by Crippen LogP contribution is 2.15. The van der Waals surface area contributed by atoms with Crippen LogP contribution in [0.25, 0.3) is 0 Å². The molecule has 1 N–H and O–H groups in total. The number of rotatable bonds is 6. The average Bonchev–Trinajstić information content (AvgIpc) is 2.76. The van der Waals surface area contributed by atoms with Crippen molar-refractivity contribution in [2.45, 2.75) is 34.2 Å². The van der Waals surface area contributed by atoms with Crippen LogP contribution in [-0.4, -0.2) is 22.3 Å². The number of nitrogens with zero attached hydrogens (tertiary/aromatic N) is 2. The molecule has 2 rings (SSSR count). The largest absolute Gasteiger partial charge is 0.493 e. The molecule has 0 unspecified atom stereocenters. The van der Waals surface area contributed by atoms with Crippen molar-refractivity contribution >= 4 is 5.91 Å². The van der Waals surface area contributed by atoms with Crippen molar-refractivity contribution in [3.63, 3.8) is 0 Å². The molecule has 124 valence electrons. The first-order valence-electron chi connectivity index (χ1n) is 7.88. The van der Waals surface area contributed by atoms with Crippen LogP contribution in [0.3, 0.4) is 0 Å². The predicted molar refractivity (Wildman–Crippen MR) is 90.6 cm³/mol. The number of benzene rings is 1. The zero-order valence-corrected chi connectivity index (χ0v) is 14.5. The van der Waals surface area contributed by atoms with Crippen molar-refractivity contribution in [2.24, 2.45) is 13.0 Å². The van der Waals surface area contributed by atoms with E-state index in [-0.39, 0.29) is 5.91 Å². The van der Waals surface area contributed by atoms with Crippen molar-refractivity contribution in [1.29, 1.82) is 0 Å². The zero-order chi connectivity index (χ0) is 17.0. The third kappa shape index (κ3) is 4.34. The molecule has 0 aliphatic rings. The average molecular weight is 315 g/mol. The summed E-state index contributed by atoms with van der Waals surface area (Å²) in [5, 5.41) is 7.32. The second kappa shape index (κ2) is 7.31. The highest BCUT2D eigenvalue weighted by Gasteiger charge is 2.12. The maximum absolute atomic E-state index is 12.3. The van der Waals surface area contributed by atoms with Gasteiger partial charge in [0.1, 0.15) is 5.75 Å². The summed E-state index contributed by atoms with van der Waals surface area (Å²) in [6.45, 7) is 9.25. The first kappa shape index (κ1) is 17.1. The Kier molecular flexibility index (Phi) is 5.42. The van der Waals surface area contributed by atoms with Crippen LogP contribution in [0.5, 0.6) is 5.75 Å². The van der Waals surface area contributed by atoms with Gasteiger partial charge in [0.05, 0.1) is 12.3 Å². The molecule has 0 fully saturated rings. The highest BCUT2D eigenvalue weighted by atomic mass is 16.5. The molecule has 0 radical (unpaired) electrons. The Hall–Kier alpha value is -2.30. The summed E-state index contributed by atoms with van der Waals surface area (Å²) in [5.74, 6) is 1.06. The van der Waals surface area contributed by atoms with E-state index in [0.29, 0.717) is 24.6 Å². The van der Waals surface area contributed by atoms with E-state index in [1.54, 1.807) is 12.1 Å². The fraction of sp³-hybridized carbons (Fsp3) is 0.444. The lowest BCUT2D eigenvalue weighted by Gasteiger charge is -2.10. The second-order valence-corrected chi connectivity index (χ2v) is 6.19. The minimum absolute atomic E-state index is 0.109. The number of amides is 1. The molecular weight excluding hydrogens is 290 g/mol. The van der Waals surface area contributed by atoms with Crippen LogP contribution in [0, 0.1) is 19.8 Å². The summed E-state index contributed by atoms with van der Waals surface area (Å²) in [6.07, 6.45) is 0. The molecule has 2 aromatic rings. The summed E-state index contributed by atoms with van der Waals surface area (Å²) in [7, 11) is 1.91. The Morgan fingerprint density at radius 1 is 1.35 bits per heavy atom. The smallest absolute Gasteiger partial charge is 0.251 e. The summed E-state index contributed by atoms with van der Waals surface area (Å²) in [5.41, 5.74) is 3.68. The van der Waals surface area contributed by atoms with Crippen molar-refractivity contribution in [2.75, 3.05) is 6.61 Å². The van der Waals surface area contributed by atoms with Crippen LogP contribution in [0.15, 0.2) is 24.3 Å². The van der Waals surface area contributed by atoms with Crippen molar-refractivity contribution < 1.29 is 9.53 Å². The minimum atomic E-state index is -0.109. The molecule has 1 heterocycles. The van der Waals surface area contributed by atoms with Crippen LogP contribution in [0.1, 0.15) is 41.2 Å². The maximum Gasteiger partial charge on any atom is 0.251 e. The Balaban J connectivity index is 2.02. The monoisotopic (exact) mass is 315 g/mol. The number of hydrogen-bond acceptors (Lipinski definition) is 3. The van der Waals surface area contributed by atoms with Gasteiger partial charge < -0.3 is 10.1 Å². The normalized spacial score (nSPS) is 10.9. The Morgan fingerprint density at radius 3 is 2.70 bits per heavy atom. The van der Waals surface area contributed by atoms with Crippen molar-refractivity contribution in [3.8, 4) is 5.75 Å². The standard InChI is InChI=1S/C18H25N3O2/c1-12(2)11-23-16-8-6-7-15(9-16)18(22)19-10-17-13(3)20-21(5)14(17)4/h6-9,12H,10-11H2,1-5H3,(H,19,22). The molecule has 1 aromatic heterocycles. The summed E-state index contributed by atoms with van der Waals surface area (Å²) in [4.78, 5) is 12.3. The third-order valence-electron chi connectivity index (χ3n) is 3.76. The van der Waals surface area contributed by atoms with E-state index in [1.165, 1.54) is 0 Å². The molecule has 1 amide bonds. The number of carbonyl (C=O) groups excluding carboxylic acids is 1. The van der Waals surface area contributed by atoms with Crippen LogP contribution in [-0.2, 0) is 13.6 Å². The molecule has 0 saturated carbocycles. The zero-order valence-electron chi connectivity index (χ0n) is 14.5. The van der Waals surface area contributed by atoms with Crippen LogP contribution < -0.4 is 10.1 Å². The van der Waals surface area contributed by atoms with E-state index in [2.05, 4.69) is 24.3 Å². The fourth-order valence-corrected chi connectivity index (χ4v) is 2.33. The van der Waals surface area contributed by atoms with Crippen molar-refractivity contribution in [3.05, 3.63) is 46.8 Å². The van der Waals surface area contributed by atoms with Gasteiger partial charge in [-0.05, 0) is 38.0 Å². The van der Waals surface area contributed by atoms with Crippen LogP contribution >= 0.6 is 0 Å². The number of nitrogens with one attached hydrogen (secondary N) is 1. The van der Waals surface area contributed by atoms with Crippen LogP contribution in [0.2, 0.25) is 0 Å². The quantitative estimate of drug-likeness (QED) is 0.891. The van der Waals surface area contributed by atoms with Gasteiger partial charge in [-0.2, -0.15) is 5.10 Å². The van der Waals surface area contributed by atoms with Crippen molar-refractivity contribution in [1.82, 2.24) is 15.1 Å². The number of aromatic nitrogens is 2. The Bertz CT molecular complexity index is 690. The third-order valence-corrected chi connectivity index (χ3v) is 3.76. The van der Waals surface area contributed by atoms with Gasteiger partial charge in [-0.1, -0.05) is 19.9 Å². The van der Waals surface area contributed by atoms with Gasteiger partial charge in [-0.25, -0.2) is 0 Å². The molecule has 0 saturated heterocycles. The molecule has 0 spiro atoms. The number of carbonyl (C=O) groups is 1. The van der Waals surface area contributed by atoms with E-state index >= 15 is 0 Å². The molecule has 0 aliphatic carbocycles. The fourth-order valence-electron chi connectivity index (χ4n) is 2.33. The molecule has 0 aliphatic heterocycles. The molecule has 5 heteroatoms. The summed E-state index contributed by atoms with van der Waals surface area (Å²) in [6, 6.07) is 7.28. The van der Waals surface area contributed by atoms with E-state index in [1.807, 2.05) is 37.7 Å². The van der Waals surface area contributed by atoms with Gasteiger partial charge in [-0.15, -0.1) is 0 Å². The molecule has 5 nitrogen and oxygen atoms in total. The lowest BCUT2D eigenvalue weighted by molar-refractivity contribution is 0.0950. The van der Waals surface area contributed by atoms with Gasteiger partial charge in [-0.3, -0.25) is 9.48 Å². The van der Waals surface area contributed by atoms with E-state index in [4.69, 9.17) is 4.74 Å². The minimum Gasteiger partial charge on any atom is -0.493 e. The van der Waals surface area contributed by atoms with E-state index < -0.39 is 0 Å². The SMILES string of the molecule is Cc1nn(C)c(C)c1CNC(=O)c1cccc(OCC(C)C)c1. The lowest BCUT2D eigenvalue weighted by Crippen LogP contribution is -2.23. The summed E-state index contributed by atoms with van der Waals surface area (Å²) >= 11 is 0. The van der Waals surface area contributed by atoms with E-state index in [9.17, 15) is 4.79 Å². The topological polar surface area (TPSA) is 56.2 Å². The van der Waals surface area contributed by atoms with Gasteiger partial charge >= 0.3 is 0 Å². The molecule has 0 atom stereocenters. The van der Waals surface area contributed by atoms with Gasteiger partial charge in [0.2, 0.25) is 0 Å². The lowest BCUT2D eigenvalue weighted by atomic mass is 10.1. The van der Waals surface area contributed by atoms with Gasteiger partial charge in [0, 0.05) is 30.4 Å². The molecule has 1 aromatic carbocycles. The first-order valence-corrected chi connectivity index (χ1v) is 7.88. The Labute approximate surface area is 137 Å². The van der Waals surface area contributed by atoms with Gasteiger partial charge in [0.15, 0.2) is 0 Å². The first-order chi connectivity index (χ1) is 10.9. The number of ether oxygens (including phenoxy) is 1. The maximum atomic E-state index is 12.3.